The maximum Gasteiger partial charge on any atom is 0.397 e. The number of hydrogen-bond donors (Lipinski definition) is 1. The van der Waals surface area contributed by atoms with Gasteiger partial charge in [0.1, 0.15) is 11.5 Å². The van der Waals surface area contributed by atoms with Crippen molar-refractivity contribution in [3.8, 4) is 11.5 Å². The fourth-order valence-electron chi connectivity index (χ4n) is 4.39. The van der Waals surface area contributed by atoms with Gasteiger partial charge in [-0.1, -0.05) is 38.8 Å². The number of aromatic nitrogens is 1. The van der Waals surface area contributed by atoms with Crippen LogP contribution in [0.15, 0.2) is 42.5 Å². The molecule has 1 N–H and O–H groups in total. The molecule has 0 radical (unpaired) electrons. The second-order valence-electron chi connectivity index (χ2n) is 9.19. The molecule has 0 aliphatic heterocycles. The SMILES string of the molecule is CCC(CC)CCC(F)(F)Oc1ccc2c(c1)c(Cc1cccc(OC(C)C(=O)O)c1)c(C)n2C. The highest BCUT2D eigenvalue weighted by Gasteiger charge is 2.32. The molecule has 0 bridgehead atoms. The Morgan fingerprint density at radius 2 is 1.83 bits per heavy atom. The van der Waals surface area contributed by atoms with Crippen molar-refractivity contribution < 1.29 is 28.2 Å². The number of ether oxygens (including phenoxy) is 2. The number of aliphatic carboxylic acids is 1. The van der Waals surface area contributed by atoms with Crippen LogP contribution >= 0.6 is 0 Å². The first-order valence-electron chi connectivity index (χ1n) is 12.2. The number of carboxylic acids is 1. The van der Waals surface area contributed by atoms with Gasteiger partial charge in [-0.15, -0.1) is 0 Å². The maximum atomic E-state index is 14.6. The van der Waals surface area contributed by atoms with Gasteiger partial charge in [0.25, 0.3) is 0 Å². The molecule has 1 atom stereocenters. The third-order valence-electron chi connectivity index (χ3n) is 6.80. The summed E-state index contributed by atoms with van der Waals surface area (Å²) < 4.78 is 41.9. The zero-order valence-corrected chi connectivity index (χ0v) is 21.1. The standard InChI is InChI=1S/C28H35F2NO4/c1-6-20(7-2)13-14-28(29,30)35-23-11-12-26-25(17-23)24(18(3)31(26)5)16-21-9-8-10-22(15-21)34-19(4)27(32)33/h8-12,15,17,19-20H,6-7,13-14,16H2,1-5H3,(H,32,33). The van der Waals surface area contributed by atoms with Crippen molar-refractivity contribution in [1.29, 1.82) is 0 Å². The minimum atomic E-state index is -3.23. The fourth-order valence-corrected chi connectivity index (χ4v) is 4.39. The van der Waals surface area contributed by atoms with E-state index in [4.69, 9.17) is 14.6 Å². The maximum absolute atomic E-state index is 14.6. The van der Waals surface area contributed by atoms with Crippen LogP contribution in [0.5, 0.6) is 11.5 Å². The minimum Gasteiger partial charge on any atom is -0.479 e. The van der Waals surface area contributed by atoms with Gasteiger partial charge in [0, 0.05) is 23.6 Å². The highest BCUT2D eigenvalue weighted by Crippen LogP contribution is 2.34. The Bertz CT molecular complexity index is 1170. The monoisotopic (exact) mass is 487 g/mol. The summed E-state index contributed by atoms with van der Waals surface area (Å²) in [6, 6.07) is 12.4. The first-order valence-corrected chi connectivity index (χ1v) is 12.2. The van der Waals surface area contributed by atoms with Crippen molar-refractivity contribution >= 4 is 16.9 Å². The molecule has 0 saturated heterocycles. The van der Waals surface area contributed by atoms with Crippen LogP contribution in [0.1, 0.15) is 63.3 Å². The largest absolute Gasteiger partial charge is 0.479 e. The molecule has 3 aromatic rings. The Hall–Kier alpha value is -3.09. The number of carboxylic acid groups (broad SMARTS) is 1. The van der Waals surface area contributed by atoms with E-state index in [0.29, 0.717) is 18.6 Å². The number of benzene rings is 2. The van der Waals surface area contributed by atoms with Gasteiger partial charge in [-0.3, -0.25) is 0 Å². The Morgan fingerprint density at radius 3 is 2.49 bits per heavy atom. The van der Waals surface area contributed by atoms with E-state index in [2.05, 4.69) is 0 Å². The molecule has 1 aromatic heterocycles. The van der Waals surface area contributed by atoms with E-state index in [9.17, 15) is 13.6 Å². The number of alkyl halides is 2. The summed E-state index contributed by atoms with van der Waals surface area (Å²) >= 11 is 0. The van der Waals surface area contributed by atoms with Gasteiger partial charge in [-0.2, -0.15) is 8.78 Å². The normalized spacial score (nSPS) is 12.8. The summed E-state index contributed by atoms with van der Waals surface area (Å²) in [6.45, 7) is 7.52. The lowest BCUT2D eigenvalue weighted by atomic mass is 9.97. The minimum absolute atomic E-state index is 0.145. The summed E-state index contributed by atoms with van der Waals surface area (Å²) in [5.41, 5.74) is 3.87. The predicted molar refractivity (Wildman–Crippen MR) is 134 cm³/mol. The van der Waals surface area contributed by atoms with E-state index in [1.807, 2.05) is 56.7 Å². The van der Waals surface area contributed by atoms with Gasteiger partial charge in [0.2, 0.25) is 0 Å². The van der Waals surface area contributed by atoms with Gasteiger partial charge < -0.3 is 19.1 Å². The van der Waals surface area contributed by atoms with Crippen LogP contribution in [-0.2, 0) is 18.3 Å². The molecule has 1 heterocycles. The highest BCUT2D eigenvalue weighted by atomic mass is 19.3. The number of carbonyl (C=O) groups is 1. The predicted octanol–water partition coefficient (Wildman–Crippen LogP) is 7.12. The second kappa shape index (κ2) is 11.1. The first kappa shape index (κ1) is 26.5. The fraction of sp³-hybridized carbons (Fsp3) is 0.464. The molecule has 0 aliphatic carbocycles. The molecular formula is C28H35F2NO4. The van der Waals surface area contributed by atoms with Crippen LogP contribution < -0.4 is 9.47 Å². The molecule has 1 unspecified atom stereocenters. The number of fused-ring (bicyclic) bond motifs is 1. The number of rotatable bonds is 12. The van der Waals surface area contributed by atoms with Crippen LogP contribution in [0.4, 0.5) is 8.78 Å². The molecule has 2 aromatic carbocycles. The number of nitrogens with zero attached hydrogens (tertiary/aromatic N) is 1. The van der Waals surface area contributed by atoms with E-state index in [1.165, 1.54) is 6.92 Å². The van der Waals surface area contributed by atoms with Crippen molar-refractivity contribution in [2.45, 2.75) is 72.0 Å². The lowest BCUT2D eigenvalue weighted by molar-refractivity contribution is -0.183. The van der Waals surface area contributed by atoms with Crippen LogP contribution in [0.2, 0.25) is 0 Å². The Morgan fingerprint density at radius 1 is 1.11 bits per heavy atom. The summed E-state index contributed by atoms with van der Waals surface area (Å²) in [5, 5.41) is 9.96. The summed E-state index contributed by atoms with van der Waals surface area (Å²) in [4.78, 5) is 11.1. The number of halogens is 2. The van der Waals surface area contributed by atoms with Gasteiger partial charge >= 0.3 is 12.1 Å². The molecule has 0 saturated carbocycles. The molecule has 35 heavy (non-hydrogen) atoms. The summed E-state index contributed by atoms with van der Waals surface area (Å²) in [5.74, 6) is -0.152. The van der Waals surface area contributed by atoms with E-state index in [1.54, 1.807) is 18.2 Å². The van der Waals surface area contributed by atoms with Gasteiger partial charge in [0.15, 0.2) is 6.10 Å². The van der Waals surface area contributed by atoms with Crippen molar-refractivity contribution in [1.82, 2.24) is 4.57 Å². The molecule has 0 spiro atoms. The van der Waals surface area contributed by atoms with Crippen LogP contribution in [0, 0.1) is 12.8 Å². The van der Waals surface area contributed by atoms with Gasteiger partial charge in [0.05, 0.1) is 6.42 Å². The lowest BCUT2D eigenvalue weighted by Gasteiger charge is -2.20. The average Bonchev–Trinajstić information content (AvgIpc) is 3.04. The van der Waals surface area contributed by atoms with E-state index >= 15 is 0 Å². The second-order valence-corrected chi connectivity index (χ2v) is 9.19. The molecule has 0 amide bonds. The molecule has 0 fully saturated rings. The topological polar surface area (TPSA) is 60.7 Å². The van der Waals surface area contributed by atoms with Crippen molar-refractivity contribution in [2.75, 3.05) is 0 Å². The first-order chi connectivity index (χ1) is 16.5. The molecule has 0 aliphatic rings. The smallest absolute Gasteiger partial charge is 0.397 e. The quantitative estimate of drug-likeness (QED) is 0.296. The van der Waals surface area contributed by atoms with Crippen LogP contribution in [0.25, 0.3) is 10.9 Å². The number of aryl methyl sites for hydroxylation is 1. The van der Waals surface area contributed by atoms with E-state index in [0.717, 1.165) is 40.6 Å². The zero-order chi connectivity index (χ0) is 25.8. The van der Waals surface area contributed by atoms with Crippen LogP contribution in [0.3, 0.4) is 0 Å². The Labute approximate surface area is 205 Å². The van der Waals surface area contributed by atoms with E-state index in [-0.39, 0.29) is 18.1 Å². The van der Waals surface area contributed by atoms with Gasteiger partial charge in [-0.05, 0) is 74.1 Å². The Balaban J connectivity index is 1.86. The van der Waals surface area contributed by atoms with Crippen molar-refractivity contribution in [2.24, 2.45) is 13.0 Å². The Kier molecular flexibility index (Phi) is 8.41. The third-order valence-corrected chi connectivity index (χ3v) is 6.80. The van der Waals surface area contributed by atoms with Crippen molar-refractivity contribution in [3.05, 3.63) is 59.3 Å². The molecule has 190 valence electrons. The molecule has 5 nitrogen and oxygen atoms in total. The van der Waals surface area contributed by atoms with Gasteiger partial charge in [-0.25, -0.2) is 4.79 Å². The lowest BCUT2D eigenvalue weighted by Crippen LogP contribution is -2.25. The molecule has 3 rings (SSSR count). The van der Waals surface area contributed by atoms with Crippen LogP contribution in [-0.4, -0.2) is 27.9 Å². The molecular weight excluding hydrogens is 452 g/mol. The van der Waals surface area contributed by atoms with Crippen molar-refractivity contribution in [3.63, 3.8) is 0 Å². The summed E-state index contributed by atoms with van der Waals surface area (Å²) in [6.07, 6.45) is -1.77. The average molecular weight is 488 g/mol. The number of hydrogen-bond acceptors (Lipinski definition) is 3. The summed E-state index contributed by atoms with van der Waals surface area (Å²) in [7, 11) is 1.94. The highest BCUT2D eigenvalue weighted by molar-refractivity contribution is 5.87. The zero-order valence-electron chi connectivity index (χ0n) is 21.1. The molecule has 7 heteroatoms. The van der Waals surface area contributed by atoms with E-state index < -0.39 is 18.2 Å². The third kappa shape index (κ3) is 6.53.